The van der Waals surface area contributed by atoms with Crippen molar-refractivity contribution in [3.05, 3.63) is 23.6 Å². The molecule has 0 spiro atoms. The number of rotatable bonds is 4. The van der Waals surface area contributed by atoms with Gasteiger partial charge in [-0.2, -0.15) is 13.2 Å². The largest absolute Gasteiger partial charge is 0.405 e. The zero-order chi connectivity index (χ0) is 13.9. The second-order valence-electron chi connectivity index (χ2n) is 4.08. The lowest BCUT2D eigenvalue weighted by Gasteiger charge is -2.29. The first-order valence-corrected chi connectivity index (χ1v) is 5.82. The third-order valence-corrected chi connectivity index (χ3v) is 2.63. The first kappa shape index (κ1) is 15.0. The molecule has 0 amide bonds. The Morgan fingerprint density at radius 2 is 2.00 bits per heavy atom. The van der Waals surface area contributed by atoms with Gasteiger partial charge in [-0.15, -0.1) is 11.6 Å². The summed E-state index contributed by atoms with van der Waals surface area (Å²) < 4.78 is 51.2. The Morgan fingerprint density at radius 3 is 2.44 bits per heavy atom. The quantitative estimate of drug-likeness (QED) is 0.618. The minimum Gasteiger partial charge on any atom is -0.343 e. The first-order valence-electron chi connectivity index (χ1n) is 5.29. The molecule has 18 heavy (non-hydrogen) atoms. The van der Waals surface area contributed by atoms with E-state index < -0.39 is 24.6 Å². The standard InChI is InChI=1S/C11H13ClF4N2/c1-7(2)18(6-11(14,15)16)10-9(13)8(5-12)3-4-17-10/h3-4,7H,5-6H2,1-2H3. The van der Waals surface area contributed by atoms with E-state index in [1.807, 2.05) is 0 Å². The zero-order valence-electron chi connectivity index (χ0n) is 9.93. The van der Waals surface area contributed by atoms with Crippen LogP contribution in [-0.2, 0) is 5.88 Å². The molecule has 1 rings (SSSR count). The lowest BCUT2D eigenvalue weighted by Crippen LogP contribution is -2.40. The van der Waals surface area contributed by atoms with E-state index >= 15 is 0 Å². The average molecular weight is 285 g/mol. The highest BCUT2D eigenvalue weighted by Gasteiger charge is 2.33. The van der Waals surface area contributed by atoms with Crippen molar-refractivity contribution in [2.75, 3.05) is 11.4 Å². The molecular weight excluding hydrogens is 272 g/mol. The normalized spacial score (nSPS) is 12.0. The minimum atomic E-state index is -4.42. The second-order valence-corrected chi connectivity index (χ2v) is 4.35. The third-order valence-electron chi connectivity index (χ3n) is 2.34. The summed E-state index contributed by atoms with van der Waals surface area (Å²) in [5.41, 5.74) is 0.134. The molecule has 0 saturated carbocycles. The Bertz CT molecular complexity index is 407. The van der Waals surface area contributed by atoms with Crippen molar-refractivity contribution in [1.29, 1.82) is 0 Å². The number of aromatic nitrogens is 1. The van der Waals surface area contributed by atoms with E-state index in [2.05, 4.69) is 4.98 Å². The van der Waals surface area contributed by atoms with Crippen LogP contribution in [0.1, 0.15) is 19.4 Å². The van der Waals surface area contributed by atoms with Crippen LogP contribution in [0.2, 0.25) is 0 Å². The van der Waals surface area contributed by atoms with Gasteiger partial charge in [-0.1, -0.05) is 0 Å². The summed E-state index contributed by atoms with van der Waals surface area (Å²) in [6, 6.07) is 0.817. The van der Waals surface area contributed by atoms with Crippen LogP contribution in [0.25, 0.3) is 0 Å². The van der Waals surface area contributed by atoms with E-state index in [0.29, 0.717) is 0 Å². The van der Waals surface area contributed by atoms with Crippen LogP contribution >= 0.6 is 11.6 Å². The summed E-state index contributed by atoms with van der Waals surface area (Å²) in [5, 5.41) is 0. The van der Waals surface area contributed by atoms with Crippen LogP contribution in [0.5, 0.6) is 0 Å². The number of hydrogen-bond donors (Lipinski definition) is 0. The van der Waals surface area contributed by atoms with E-state index in [9.17, 15) is 17.6 Å². The molecule has 0 aliphatic rings. The van der Waals surface area contributed by atoms with Gasteiger partial charge in [0.05, 0.1) is 5.88 Å². The lowest BCUT2D eigenvalue weighted by atomic mass is 10.2. The van der Waals surface area contributed by atoms with E-state index in [4.69, 9.17) is 11.6 Å². The zero-order valence-corrected chi connectivity index (χ0v) is 10.7. The minimum absolute atomic E-state index is 0.112. The predicted octanol–water partition coefficient (Wildman–Crippen LogP) is 3.74. The monoisotopic (exact) mass is 284 g/mol. The van der Waals surface area contributed by atoms with Crippen LogP contribution in [0.4, 0.5) is 23.4 Å². The smallest absolute Gasteiger partial charge is 0.343 e. The van der Waals surface area contributed by atoms with Gasteiger partial charge in [0, 0.05) is 17.8 Å². The van der Waals surface area contributed by atoms with Gasteiger partial charge in [-0.3, -0.25) is 0 Å². The number of halogens is 5. The Labute approximate surface area is 108 Å². The summed E-state index contributed by atoms with van der Waals surface area (Å²) in [5.74, 6) is -1.23. The molecule has 0 bridgehead atoms. The average Bonchev–Trinajstić information content (AvgIpc) is 2.25. The van der Waals surface area contributed by atoms with Crippen molar-refractivity contribution in [3.63, 3.8) is 0 Å². The Morgan fingerprint density at radius 1 is 1.39 bits per heavy atom. The number of anilines is 1. The van der Waals surface area contributed by atoms with Crippen molar-refractivity contribution in [3.8, 4) is 0 Å². The molecule has 0 fully saturated rings. The summed E-state index contributed by atoms with van der Waals surface area (Å²) in [6.07, 6.45) is -3.17. The molecule has 0 saturated heterocycles. The molecule has 0 unspecified atom stereocenters. The second kappa shape index (κ2) is 5.73. The Balaban J connectivity index is 3.14. The summed E-state index contributed by atoms with van der Waals surface area (Å²) >= 11 is 5.51. The summed E-state index contributed by atoms with van der Waals surface area (Å²) in [4.78, 5) is 4.55. The molecule has 2 nitrogen and oxygen atoms in total. The topological polar surface area (TPSA) is 16.1 Å². The lowest BCUT2D eigenvalue weighted by molar-refractivity contribution is -0.120. The molecule has 7 heteroatoms. The molecule has 0 aliphatic heterocycles. The van der Waals surface area contributed by atoms with Crippen LogP contribution < -0.4 is 4.90 Å². The number of alkyl halides is 4. The van der Waals surface area contributed by atoms with Gasteiger partial charge < -0.3 is 4.90 Å². The molecule has 0 aromatic carbocycles. The fourth-order valence-electron chi connectivity index (χ4n) is 1.47. The van der Waals surface area contributed by atoms with Crippen LogP contribution in [0.3, 0.4) is 0 Å². The Hall–Kier alpha value is -1.04. The first-order chi connectivity index (χ1) is 8.26. The van der Waals surface area contributed by atoms with Gasteiger partial charge in [-0.25, -0.2) is 9.37 Å². The highest BCUT2D eigenvalue weighted by molar-refractivity contribution is 6.17. The molecule has 102 valence electrons. The number of hydrogen-bond acceptors (Lipinski definition) is 2. The van der Waals surface area contributed by atoms with Crippen molar-refractivity contribution in [2.24, 2.45) is 0 Å². The summed E-state index contributed by atoms with van der Waals surface area (Å²) in [7, 11) is 0. The molecule has 0 aliphatic carbocycles. The fourth-order valence-corrected chi connectivity index (χ4v) is 1.68. The van der Waals surface area contributed by atoms with Crippen LogP contribution in [-0.4, -0.2) is 23.7 Å². The maximum absolute atomic E-state index is 13.9. The van der Waals surface area contributed by atoms with Gasteiger partial charge in [-0.05, 0) is 19.9 Å². The van der Waals surface area contributed by atoms with Crippen molar-refractivity contribution >= 4 is 17.4 Å². The third kappa shape index (κ3) is 3.73. The molecule has 1 aromatic heterocycles. The van der Waals surface area contributed by atoms with Gasteiger partial charge >= 0.3 is 6.18 Å². The van der Waals surface area contributed by atoms with Gasteiger partial charge in [0.25, 0.3) is 0 Å². The summed E-state index contributed by atoms with van der Waals surface area (Å²) in [6.45, 7) is 1.83. The molecule has 1 heterocycles. The molecule has 1 aromatic rings. The van der Waals surface area contributed by atoms with E-state index in [1.165, 1.54) is 12.3 Å². The van der Waals surface area contributed by atoms with Crippen molar-refractivity contribution in [2.45, 2.75) is 31.9 Å². The maximum Gasteiger partial charge on any atom is 0.405 e. The van der Waals surface area contributed by atoms with E-state index in [-0.39, 0.29) is 17.3 Å². The molecule has 0 radical (unpaired) electrons. The van der Waals surface area contributed by atoms with Gasteiger partial charge in [0.2, 0.25) is 0 Å². The van der Waals surface area contributed by atoms with Crippen molar-refractivity contribution < 1.29 is 17.6 Å². The molecule has 0 N–H and O–H groups in total. The van der Waals surface area contributed by atoms with E-state index in [1.54, 1.807) is 13.8 Å². The van der Waals surface area contributed by atoms with E-state index in [0.717, 1.165) is 4.90 Å². The highest BCUT2D eigenvalue weighted by atomic mass is 35.5. The molecular formula is C11H13ClF4N2. The number of pyridine rings is 1. The maximum atomic E-state index is 13.9. The highest BCUT2D eigenvalue weighted by Crippen LogP contribution is 2.26. The Kier molecular flexibility index (Phi) is 4.78. The predicted molar refractivity (Wildman–Crippen MR) is 62.3 cm³/mol. The number of nitrogens with zero attached hydrogens (tertiary/aromatic N) is 2. The molecule has 0 atom stereocenters. The van der Waals surface area contributed by atoms with Crippen molar-refractivity contribution in [1.82, 2.24) is 4.98 Å². The van der Waals surface area contributed by atoms with Gasteiger partial charge in [0.15, 0.2) is 11.6 Å². The SMILES string of the molecule is CC(C)N(CC(F)(F)F)c1nccc(CCl)c1F. The van der Waals surface area contributed by atoms with Crippen LogP contribution in [0, 0.1) is 5.82 Å². The fraction of sp³-hybridized carbons (Fsp3) is 0.545. The van der Waals surface area contributed by atoms with Crippen LogP contribution in [0.15, 0.2) is 12.3 Å². The van der Waals surface area contributed by atoms with Gasteiger partial charge in [0.1, 0.15) is 6.54 Å².